The van der Waals surface area contributed by atoms with Crippen LogP contribution in [0.4, 0.5) is 5.69 Å². The monoisotopic (exact) mass is 449 g/mol. The molecule has 0 fully saturated rings. The highest BCUT2D eigenvalue weighted by Gasteiger charge is 2.17. The fraction of sp³-hybridized carbons (Fsp3) is 0.261. The molecule has 3 heterocycles. The standard InChI is InChI=1S/C23H27N7OS/c24-22(25)29-9-5-16(6-10-29)15-1-3-19(4-2-15)28-21(31)20-13-18(14-32-20)17-7-11-30(12-8-17)23(26)27/h1-5,7,13-14H,6,8-12H2,(H3,24,25)(H3,26,27)(H,28,31). The Balaban J connectivity index is 1.37. The van der Waals surface area contributed by atoms with Crippen LogP contribution in [-0.2, 0) is 0 Å². The van der Waals surface area contributed by atoms with Crippen molar-refractivity contribution in [3.63, 3.8) is 0 Å². The second-order valence-corrected chi connectivity index (χ2v) is 8.76. The Hall–Kier alpha value is -3.59. The molecule has 166 valence electrons. The average molecular weight is 450 g/mol. The summed E-state index contributed by atoms with van der Waals surface area (Å²) in [4.78, 5) is 17.0. The van der Waals surface area contributed by atoms with Crippen molar-refractivity contribution in [1.29, 1.82) is 10.8 Å². The summed E-state index contributed by atoms with van der Waals surface area (Å²) in [6.07, 6.45) is 5.81. The predicted molar refractivity (Wildman–Crippen MR) is 131 cm³/mol. The molecule has 1 amide bonds. The van der Waals surface area contributed by atoms with Gasteiger partial charge < -0.3 is 26.6 Å². The van der Waals surface area contributed by atoms with Crippen LogP contribution in [0.1, 0.15) is 33.6 Å². The van der Waals surface area contributed by atoms with Crippen LogP contribution in [0.15, 0.2) is 47.9 Å². The van der Waals surface area contributed by atoms with Crippen LogP contribution < -0.4 is 16.8 Å². The minimum Gasteiger partial charge on any atom is -0.370 e. The summed E-state index contributed by atoms with van der Waals surface area (Å²) in [5.41, 5.74) is 16.4. The first-order chi connectivity index (χ1) is 15.4. The molecule has 0 aliphatic carbocycles. The average Bonchev–Trinajstić information content (AvgIpc) is 3.30. The van der Waals surface area contributed by atoms with Gasteiger partial charge in [-0.25, -0.2) is 0 Å². The number of nitrogens with one attached hydrogen (secondary N) is 3. The quantitative estimate of drug-likeness (QED) is 0.361. The molecule has 0 unspecified atom stereocenters. The van der Waals surface area contributed by atoms with Gasteiger partial charge in [-0.3, -0.25) is 15.6 Å². The van der Waals surface area contributed by atoms with Gasteiger partial charge in [0.1, 0.15) is 0 Å². The van der Waals surface area contributed by atoms with Crippen LogP contribution in [0.2, 0.25) is 0 Å². The number of benzene rings is 1. The zero-order valence-electron chi connectivity index (χ0n) is 17.7. The molecular weight excluding hydrogens is 422 g/mol. The lowest BCUT2D eigenvalue weighted by molar-refractivity contribution is 0.103. The number of hydrogen-bond donors (Lipinski definition) is 5. The van der Waals surface area contributed by atoms with Crippen molar-refractivity contribution in [1.82, 2.24) is 9.80 Å². The topological polar surface area (TPSA) is 135 Å². The molecule has 1 aromatic heterocycles. The third kappa shape index (κ3) is 4.83. The Morgan fingerprint density at radius 1 is 0.906 bits per heavy atom. The fourth-order valence-electron chi connectivity index (χ4n) is 3.88. The third-order valence-electron chi connectivity index (χ3n) is 5.81. The zero-order valence-corrected chi connectivity index (χ0v) is 18.5. The molecule has 0 saturated carbocycles. The van der Waals surface area contributed by atoms with Crippen molar-refractivity contribution < 1.29 is 4.79 Å². The maximum absolute atomic E-state index is 12.7. The van der Waals surface area contributed by atoms with Crippen molar-refractivity contribution >= 4 is 46.0 Å². The van der Waals surface area contributed by atoms with Crippen LogP contribution in [0.5, 0.6) is 0 Å². The molecule has 9 heteroatoms. The Morgan fingerprint density at radius 3 is 1.97 bits per heavy atom. The fourth-order valence-corrected chi connectivity index (χ4v) is 4.71. The molecule has 7 N–H and O–H groups in total. The van der Waals surface area contributed by atoms with Crippen LogP contribution in [-0.4, -0.2) is 53.8 Å². The van der Waals surface area contributed by atoms with E-state index in [0.29, 0.717) is 24.5 Å². The van der Waals surface area contributed by atoms with Crippen molar-refractivity contribution in [2.45, 2.75) is 12.8 Å². The van der Waals surface area contributed by atoms with Crippen LogP contribution >= 0.6 is 11.3 Å². The second kappa shape index (κ2) is 9.27. The zero-order chi connectivity index (χ0) is 22.7. The molecule has 0 spiro atoms. The van der Waals surface area contributed by atoms with E-state index in [0.717, 1.165) is 36.2 Å². The van der Waals surface area contributed by atoms with Crippen molar-refractivity contribution in [3.05, 3.63) is 63.9 Å². The van der Waals surface area contributed by atoms with Crippen molar-refractivity contribution in [2.75, 3.05) is 31.5 Å². The molecule has 2 aliphatic heterocycles. The molecule has 0 saturated heterocycles. The first kappa shape index (κ1) is 21.6. The van der Waals surface area contributed by atoms with Gasteiger partial charge in [0.25, 0.3) is 5.91 Å². The summed E-state index contributed by atoms with van der Waals surface area (Å²) >= 11 is 1.43. The van der Waals surface area contributed by atoms with Gasteiger partial charge in [-0.2, -0.15) is 0 Å². The SMILES string of the molecule is N=C(N)N1CC=C(c2ccc(NC(=O)c3cc(C4=CCN(C(=N)N)CC4)cs3)cc2)CC1. The van der Waals surface area contributed by atoms with E-state index in [-0.39, 0.29) is 17.8 Å². The molecule has 0 bridgehead atoms. The van der Waals surface area contributed by atoms with E-state index >= 15 is 0 Å². The third-order valence-corrected chi connectivity index (χ3v) is 6.74. The second-order valence-electron chi connectivity index (χ2n) is 7.85. The molecular formula is C23H27N7OS. The highest BCUT2D eigenvalue weighted by atomic mass is 32.1. The van der Waals surface area contributed by atoms with E-state index in [1.807, 2.05) is 45.5 Å². The number of carbonyl (C=O) groups is 1. The van der Waals surface area contributed by atoms with Gasteiger partial charge >= 0.3 is 0 Å². The lowest BCUT2D eigenvalue weighted by Gasteiger charge is -2.26. The largest absolute Gasteiger partial charge is 0.370 e. The predicted octanol–water partition coefficient (Wildman–Crippen LogP) is 2.97. The highest BCUT2D eigenvalue weighted by molar-refractivity contribution is 7.12. The number of rotatable bonds is 4. The van der Waals surface area contributed by atoms with Crippen LogP contribution in [0.25, 0.3) is 11.1 Å². The molecule has 2 aliphatic rings. The van der Waals surface area contributed by atoms with E-state index < -0.39 is 0 Å². The van der Waals surface area contributed by atoms with Gasteiger partial charge in [0, 0.05) is 31.9 Å². The van der Waals surface area contributed by atoms with Crippen molar-refractivity contribution in [2.24, 2.45) is 11.5 Å². The van der Waals surface area contributed by atoms with Crippen LogP contribution in [0, 0.1) is 10.8 Å². The number of nitrogens with zero attached hydrogens (tertiary/aromatic N) is 2. The van der Waals surface area contributed by atoms with Crippen molar-refractivity contribution in [3.8, 4) is 0 Å². The number of amides is 1. The van der Waals surface area contributed by atoms with E-state index in [4.69, 9.17) is 22.3 Å². The molecule has 8 nitrogen and oxygen atoms in total. The molecule has 2 aromatic rings. The minimum atomic E-state index is -0.121. The Labute approximate surface area is 191 Å². The summed E-state index contributed by atoms with van der Waals surface area (Å²) in [5.74, 6) is 0.0761. The number of anilines is 1. The van der Waals surface area contributed by atoms with E-state index in [2.05, 4.69) is 17.5 Å². The van der Waals surface area contributed by atoms with E-state index in [1.54, 1.807) is 0 Å². The van der Waals surface area contributed by atoms with Gasteiger partial charge in [-0.1, -0.05) is 24.3 Å². The van der Waals surface area contributed by atoms with Gasteiger partial charge in [0.15, 0.2) is 11.9 Å². The lowest BCUT2D eigenvalue weighted by atomic mass is 9.99. The van der Waals surface area contributed by atoms with Gasteiger partial charge in [0.2, 0.25) is 0 Å². The first-order valence-electron chi connectivity index (χ1n) is 10.5. The molecule has 4 rings (SSSR count). The van der Waals surface area contributed by atoms with Gasteiger partial charge in [0.05, 0.1) is 4.88 Å². The smallest absolute Gasteiger partial charge is 0.265 e. The Bertz CT molecular complexity index is 1100. The summed E-state index contributed by atoms with van der Waals surface area (Å²) in [5, 5.41) is 20.0. The van der Waals surface area contributed by atoms with Crippen LogP contribution in [0.3, 0.4) is 0 Å². The maximum atomic E-state index is 12.7. The number of hydrogen-bond acceptors (Lipinski definition) is 4. The number of thiophene rings is 1. The molecule has 32 heavy (non-hydrogen) atoms. The molecule has 0 atom stereocenters. The Morgan fingerprint density at radius 2 is 1.47 bits per heavy atom. The lowest BCUT2D eigenvalue weighted by Crippen LogP contribution is -2.39. The first-order valence-corrected chi connectivity index (χ1v) is 11.4. The number of carbonyl (C=O) groups excluding carboxylic acids is 1. The summed E-state index contributed by atoms with van der Waals surface area (Å²) < 4.78 is 0. The van der Waals surface area contributed by atoms with Gasteiger partial charge in [-0.05, 0) is 58.7 Å². The van der Waals surface area contributed by atoms with E-state index in [9.17, 15) is 4.79 Å². The Kier molecular flexibility index (Phi) is 6.27. The number of nitrogens with two attached hydrogens (primary N) is 2. The molecule has 0 radical (unpaired) electrons. The van der Waals surface area contributed by atoms with E-state index in [1.165, 1.54) is 22.5 Å². The van der Waals surface area contributed by atoms with Gasteiger partial charge in [-0.15, -0.1) is 11.3 Å². The number of guanidine groups is 2. The summed E-state index contributed by atoms with van der Waals surface area (Å²) in [6.45, 7) is 2.72. The highest BCUT2D eigenvalue weighted by Crippen LogP contribution is 2.28. The normalized spacial score (nSPS) is 16.2. The summed E-state index contributed by atoms with van der Waals surface area (Å²) in [6, 6.07) is 9.79. The molecule has 1 aromatic carbocycles. The minimum absolute atomic E-state index is 0.0921. The maximum Gasteiger partial charge on any atom is 0.265 e. The summed E-state index contributed by atoms with van der Waals surface area (Å²) in [7, 11) is 0.